The van der Waals surface area contributed by atoms with Gasteiger partial charge in [0, 0.05) is 11.2 Å². The molecule has 0 unspecified atom stereocenters. The van der Waals surface area contributed by atoms with Gasteiger partial charge >= 0.3 is 0 Å². The Bertz CT molecular complexity index is 639. The lowest BCUT2D eigenvalue weighted by Gasteiger charge is -2.15. The molecule has 2 N–H and O–H groups in total. The summed E-state index contributed by atoms with van der Waals surface area (Å²) < 4.78 is 5.85. The molecule has 1 aromatic carbocycles. The minimum atomic E-state index is 0.328. The highest BCUT2D eigenvalue weighted by Gasteiger charge is 2.12. The van der Waals surface area contributed by atoms with E-state index < -0.39 is 0 Å². The molecular formula is C16H19ClN2O. The van der Waals surface area contributed by atoms with Gasteiger partial charge in [0.15, 0.2) is 0 Å². The number of pyridine rings is 1. The van der Waals surface area contributed by atoms with Crippen LogP contribution in [0.25, 0.3) is 0 Å². The average molecular weight is 291 g/mol. The van der Waals surface area contributed by atoms with Crippen LogP contribution in [0.1, 0.15) is 36.5 Å². The van der Waals surface area contributed by atoms with Crippen molar-refractivity contribution in [3.8, 4) is 11.6 Å². The number of rotatable bonds is 3. The standard InChI is InChI=1S/C16H19ClN2O/c1-9(2)12-7-15(11(4)6-13(12)17)20-16-14(18)5-10(3)8-19-16/h5-9H,18H2,1-4H3. The van der Waals surface area contributed by atoms with Crippen LogP contribution in [-0.2, 0) is 0 Å². The summed E-state index contributed by atoms with van der Waals surface area (Å²) in [7, 11) is 0. The van der Waals surface area contributed by atoms with Crippen molar-refractivity contribution in [2.45, 2.75) is 33.6 Å². The zero-order valence-corrected chi connectivity index (χ0v) is 13.0. The van der Waals surface area contributed by atoms with Crippen molar-refractivity contribution in [1.82, 2.24) is 4.98 Å². The zero-order valence-electron chi connectivity index (χ0n) is 12.2. The fourth-order valence-corrected chi connectivity index (χ4v) is 2.43. The molecule has 106 valence electrons. The van der Waals surface area contributed by atoms with Crippen LogP contribution in [-0.4, -0.2) is 4.98 Å². The van der Waals surface area contributed by atoms with Gasteiger partial charge in [-0.05, 0) is 54.7 Å². The zero-order chi connectivity index (χ0) is 14.9. The number of aromatic nitrogens is 1. The number of nitrogens with zero attached hydrogens (tertiary/aromatic N) is 1. The summed E-state index contributed by atoms with van der Waals surface area (Å²) in [6.07, 6.45) is 1.74. The van der Waals surface area contributed by atoms with Crippen molar-refractivity contribution in [3.63, 3.8) is 0 Å². The van der Waals surface area contributed by atoms with Crippen LogP contribution in [0.15, 0.2) is 24.4 Å². The van der Waals surface area contributed by atoms with Crippen molar-refractivity contribution in [2.24, 2.45) is 0 Å². The highest BCUT2D eigenvalue weighted by molar-refractivity contribution is 6.31. The maximum atomic E-state index is 6.26. The molecule has 0 aliphatic heterocycles. The molecule has 0 fully saturated rings. The molecule has 0 spiro atoms. The Kier molecular flexibility index (Phi) is 4.19. The highest BCUT2D eigenvalue weighted by atomic mass is 35.5. The van der Waals surface area contributed by atoms with E-state index in [2.05, 4.69) is 18.8 Å². The topological polar surface area (TPSA) is 48.1 Å². The quantitative estimate of drug-likeness (QED) is 0.879. The molecule has 20 heavy (non-hydrogen) atoms. The van der Waals surface area contributed by atoms with Gasteiger partial charge in [0.25, 0.3) is 0 Å². The monoisotopic (exact) mass is 290 g/mol. The molecule has 3 nitrogen and oxygen atoms in total. The number of ether oxygens (including phenoxy) is 1. The van der Waals surface area contributed by atoms with Crippen molar-refractivity contribution in [3.05, 3.63) is 46.1 Å². The number of hydrogen-bond donors (Lipinski definition) is 1. The summed E-state index contributed by atoms with van der Waals surface area (Å²) in [5.41, 5.74) is 9.48. The second kappa shape index (κ2) is 5.71. The van der Waals surface area contributed by atoms with E-state index in [9.17, 15) is 0 Å². The second-order valence-corrected chi connectivity index (χ2v) is 5.71. The number of nitrogens with two attached hydrogens (primary N) is 1. The maximum Gasteiger partial charge on any atom is 0.242 e. The van der Waals surface area contributed by atoms with E-state index >= 15 is 0 Å². The number of nitrogen functional groups attached to an aromatic ring is 1. The van der Waals surface area contributed by atoms with Gasteiger partial charge in [0.05, 0.1) is 5.69 Å². The smallest absolute Gasteiger partial charge is 0.242 e. The minimum Gasteiger partial charge on any atom is -0.437 e. The first-order valence-corrected chi connectivity index (χ1v) is 6.96. The molecule has 0 amide bonds. The van der Waals surface area contributed by atoms with Gasteiger partial charge in [-0.2, -0.15) is 0 Å². The van der Waals surface area contributed by atoms with Gasteiger partial charge < -0.3 is 10.5 Å². The van der Waals surface area contributed by atoms with Crippen LogP contribution in [0.2, 0.25) is 5.02 Å². The molecular weight excluding hydrogens is 272 g/mol. The molecule has 0 atom stereocenters. The summed E-state index contributed by atoms with van der Waals surface area (Å²) in [5, 5.41) is 0.759. The summed E-state index contributed by atoms with van der Waals surface area (Å²) in [4.78, 5) is 4.23. The van der Waals surface area contributed by atoms with E-state index in [4.69, 9.17) is 22.1 Å². The Labute approximate surface area is 124 Å². The molecule has 0 aliphatic carbocycles. The van der Waals surface area contributed by atoms with Gasteiger partial charge in [0.2, 0.25) is 5.88 Å². The average Bonchev–Trinajstić information content (AvgIpc) is 2.35. The van der Waals surface area contributed by atoms with E-state index in [1.807, 2.05) is 32.0 Å². The van der Waals surface area contributed by atoms with Crippen LogP contribution in [0, 0.1) is 13.8 Å². The lowest BCUT2D eigenvalue weighted by Crippen LogP contribution is -1.98. The number of anilines is 1. The Morgan fingerprint density at radius 3 is 2.50 bits per heavy atom. The predicted molar refractivity (Wildman–Crippen MR) is 83.7 cm³/mol. The normalized spacial score (nSPS) is 10.9. The number of hydrogen-bond acceptors (Lipinski definition) is 3. The second-order valence-electron chi connectivity index (χ2n) is 5.30. The summed E-state index contributed by atoms with van der Waals surface area (Å²) in [6.45, 7) is 8.09. The number of aryl methyl sites for hydroxylation is 2. The SMILES string of the molecule is Cc1cnc(Oc2cc(C(C)C)c(Cl)cc2C)c(N)c1. The fourth-order valence-electron chi connectivity index (χ4n) is 1.99. The third-order valence-corrected chi connectivity index (χ3v) is 3.47. The Morgan fingerprint density at radius 2 is 1.90 bits per heavy atom. The van der Waals surface area contributed by atoms with Gasteiger partial charge in [-0.25, -0.2) is 4.98 Å². The lowest BCUT2D eigenvalue weighted by molar-refractivity contribution is 0.461. The van der Waals surface area contributed by atoms with Crippen LogP contribution in [0.5, 0.6) is 11.6 Å². The number of halogens is 1. The molecule has 4 heteroatoms. The van der Waals surface area contributed by atoms with Crippen molar-refractivity contribution >= 4 is 17.3 Å². The van der Waals surface area contributed by atoms with E-state index in [0.29, 0.717) is 17.5 Å². The molecule has 0 aliphatic rings. The van der Waals surface area contributed by atoms with Crippen LogP contribution >= 0.6 is 11.6 Å². The first kappa shape index (κ1) is 14.7. The van der Waals surface area contributed by atoms with Gasteiger partial charge in [-0.1, -0.05) is 25.4 Å². The number of benzene rings is 1. The maximum absolute atomic E-state index is 6.26. The van der Waals surface area contributed by atoms with Gasteiger partial charge in [-0.15, -0.1) is 0 Å². The Morgan fingerprint density at radius 1 is 1.20 bits per heavy atom. The van der Waals surface area contributed by atoms with Crippen LogP contribution < -0.4 is 10.5 Å². The molecule has 2 aromatic rings. The van der Waals surface area contributed by atoms with Crippen LogP contribution in [0.3, 0.4) is 0 Å². The molecule has 2 rings (SSSR count). The largest absolute Gasteiger partial charge is 0.437 e. The molecule has 0 saturated heterocycles. The lowest BCUT2D eigenvalue weighted by atomic mass is 10.0. The first-order chi connectivity index (χ1) is 9.38. The summed E-state index contributed by atoms with van der Waals surface area (Å²) in [5.74, 6) is 1.49. The molecule has 0 bridgehead atoms. The summed E-state index contributed by atoms with van der Waals surface area (Å²) in [6, 6.07) is 5.72. The van der Waals surface area contributed by atoms with E-state index in [-0.39, 0.29) is 0 Å². The molecule has 1 aromatic heterocycles. The van der Waals surface area contributed by atoms with Crippen LogP contribution in [0.4, 0.5) is 5.69 Å². The summed E-state index contributed by atoms with van der Waals surface area (Å²) >= 11 is 6.26. The minimum absolute atomic E-state index is 0.328. The van der Waals surface area contributed by atoms with Gasteiger partial charge in [-0.3, -0.25) is 0 Å². The highest BCUT2D eigenvalue weighted by Crippen LogP contribution is 2.34. The predicted octanol–water partition coefficient (Wildman–Crippen LogP) is 4.85. The van der Waals surface area contributed by atoms with Gasteiger partial charge in [0.1, 0.15) is 5.75 Å². The Balaban J connectivity index is 2.40. The third kappa shape index (κ3) is 3.05. The fraction of sp³-hybridized carbons (Fsp3) is 0.312. The molecule has 0 saturated carbocycles. The van der Waals surface area contributed by atoms with E-state index in [1.54, 1.807) is 6.20 Å². The van der Waals surface area contributed by atoms with E-state index in [0.717, 1.165) is 27.5 Å². The molecule has 1 heterocycles. The van der Waals surface area contributed by atoms with Crippen molar-refractivity contribution in [1.29, 1.82) is 0 Å². The van der Waals surface area contributed by atoms with Crippen molar-refractivity contribution in [2.75, 3.05) is 5.73 Å². The van der Waals surface area contributed by atoms with E-state index in [1.165, 1.54) is 0 Å². The Hall–Kier alpha value is -1.74. The molecule has 0 radical (unpaired) electrons. The third-order valence-electron chi connectivity index (χ3n) is 3.14. The first-order valence-electron chi connectivity index (χ1n) is 6.58. The van der Waals surface area contributed by atoms with Crippen molar-refractivity contribution < 1.29 is 4.74 Å².